The number of carboxylic acids is 1. The van der Waals surface area contributed by atoms with Crippen LogP contribution < -0.4 is 5.32 Å². The van der Waals surface area contributed by atoms with E-state index in [-0.39, 0.29) is 17.3 Å². The molecule has 0 amide bonds. The van der Waals surface area contributed by atoms with Gasteiger partial charge in [-0.1, -0.05) is 0 Å². The van der Waals surface area contributed by atoms with E-state index < -0.39 is 11.8 Å². The van der Waals surface area contributed by atoms with Crippen LogP contribution in [0.3, 0.4) is 0 Å². The van der Waals surface area contributed by atoms with Crippen LogP contribution in [0.15, 0.2) is 30.7 Å². The van der Waals surface area contributed by atoms with Crippen LogP contribution in [0.2, 0.25) is 0 Å². The van der Waals surface area contributed by atoms with Crippen molar-refractivity contribution in [1.29, 1.82) is 0 Å². The molecular weight excluding hydrogens is 261 g/mol. The van der Waals surface area contributed by atoms with E-state index in [2.05, 4.69) is 10.3 Å². The third-order valence-electron chi connectivity index (χ3n) is 2.98. The second-order valence-corrected chi connectivity index (χ2v) is 4.74. The molecule has 0 unspecified atom stereocenters. The maximum atomic E-state index is 13.6. The fraction of sp³-hybridized carbons (Fsp3) is 0.286. The number of imidazole rings is 1. The summed E-state index contributed by atoms with van der Waals surface area (Å²) in [5.41, 5.74) is 1.12. The molecule has 20 heavy (non-hydrogen) atoms. The van der Waals surface area contributed by atoms with E-state index in [1.54, 1.807) is 12.5 Å². The summed E-state index contributed by atoms with van der Waals surface area (Å²) in [5.74, 6) is -1.56. The molecule has 1 aromatic heterocycles. The second kappa shape index (κ2) is 5.73. The average Bonchev–Trinajstić information content (AvgIpc) is 2.86. The summed E-state index contributed by atoms with van der Waals surface area (Å²) in [4.78, 5) is 14.9. The number of carbonyl (C=O) groups is 1. The van der Waals surface area contributed by atoms with E-state index in [0.29, 0.717) is 6.54 Å². The van der Waals surface area contributed by atoms with Gasteiger partial charge in [0.1, 0.15) is 5.82 Å². The van der Waals surface area contributed by atoms with Crippen molar-refractivity contribution in [2.24, 2.45) is 0 Å². The van der Waals surface area contributed by atoms with E-state index in [0.717, 1.165) is 11.8 Å². The van der Waals surface area contributed by atoms with Crippen molar-refractivity contribution >= 4 is 11.7 Å². The molecule has 0 radical (unpaired) electrons. The molecule has 0 atom stereocenters. The first-order valence-corrected chi connectivity index (χ1v) is 6.26. The van der Waals surface area contributed by atoms with Gasteiger partial charge in [-0.05, 0) is 32.0 Å². The lowest BCUT2D eigenvalue weighted by Crippen LogP contribution is -2.10. The predicted molar refractivity (Wildman–Crippen MR) is 73.3 cm³/mol. The summed E-state index contributed by atoms with van der Waals surface area (Å²) in [6.07, 6.45) is 3.41. The Morgan fingerprint density at radius 3 is 2.90 bits per heavy atom. The summed E-state index contributed by atoms with van der Waals surface area (Å²) in [6.45, 7) is 4.42. The van der Waals surface area contributed by atoms with Crippen LogP contribution in [0, 0.1) is 5.82 Å². The normalized spacial score (nSPS) is 10.8. The number of hydrogen-bond donors (Lipinski definition) is 2. The molecule has 1 heterocycles. The van der Waals surface area contributed by atoms with Gasteiger partial charge in [0.05, 0.1) is 29.8 Å². The van der Waals surface area contributed by atoms with Crippen molar-refractivity contribution in [3.8, 4) is 0 Å². The quantitative estimate of drug-likeness (QED) is 0.881. The number of carboxylic acid groups (broad SMARTS) is 1. The Balaban J connectivity index is 2.16. The van der Waals surface area contributed by atoms with E-state index in [9.17, 15) is 9.18 Å². The van der Waals surface area contributed by atoms with Crippen molar-refractivity contribution in [3.63, 3.8) is 0 Å². The van der Waals surface area contributed by atoms with E-state index >= 15 is 0 Å². The molecular formula is C14H16FN3O2. The van der Waals surface area contributed by atoms with Gasteiger partial charge in [-0.15, -0.1) is 0 Å². The molecule has 0 aliphatic carbocycles. The fourth-order valence-electron chi connectivity index (χ4n) is 1.91. The van der Waals surface area contributed by atoms with E-state index in [1.807, 2.05) is 18.4 Å². The molecule has 106 valence electrons. The minimum absolute atomic E-state index is 0.0475. The van der Waals surface area contributed by atoms with Crippen LogP contribution in [0.1, 0.15) is 35.9 Å². The molecule has 0 saturated heterocycles. The molecule has 0 spiro atoms. The lowest BCUT2D eigenvalue weighted by atomic mass is 10.2. The SMILES string of the molecule is CC(C)n1cncc1CNc1cc(C(=O)O)ccc1F. The zero-order chi connectivity index (χ0) is 14.7. The van der Waals surface area contributed by atoms with Gasteiger partial charge in [0.15, 0.2) is 0 Å². The van der Waals surface area contributed by atoms with Gasteiger partial charge in [0.25, 0.3) is 0 Å². The summed E-state index contributed by atoms with van der Waals surface area (Å²) < 4.78 is 15.6. The smallest absolute Gasteiger partial charge is 0.335 e. The van der Waals surface area contributed by atoms with E-state index in [1.165, 1.54) is 12.1 Å². The van der Waals surface area contributed by atoms with Crippen molar-refractivity contribution < 1.29 is 14.3 Å². The Morgan fingerprint density at radius 1 is 1.50 bits per heavy atom. The van der Waals surface area contributed by atoms with Crippen LogP contribution in [0.25, 0.3) is 0 Å². The Hall–Kier alpha value is -2.37. The zero-order valence-electron chi connectivity index (χ0n) is 11.3. The summed E-state index contributed by atoms with van der Waals surface area (Å²) in [6, 6.07) is 3.92. The van der Waals surface area contributed by atoms with Gasteiger partial charge in [0, 0.05) is 12.2 Å². The third kappa shape index (κ3) is 2.96. The minimum atomic E-state index is -1.08. The highest BCUT2D eigenvalue weighted by Crippen LogP contribution is 2.18. The van der Waals surface area contributed by atoms with Crippen LogP contribution in [-0.2, 0) is 6.54 Å². The number of rotatable bonds is 5. The first-order valence-electron chi connectivity index (χ1n) is 6.26. The Morgan fingerprint density at radius 2 is 2.25 bits per heavy atom. The molecule has 5 nitrogen and oxygen atoms in total. The molecule has 2 rings (SSSR count). The fourth-order valence-corrected chi connectivity index (χ4v) is 1.91. The first-order chi connectivity index (χ1) is 9.49. The van der Waals surface area contributed by atoms with Gasteiger partial charge in [-0.25, -0.2) is 14.2 Å². The third-order valence-corrected chi connectivity index (χ3v) is 2.98. The molecule has 2 N–H and O–H groups in total. The molecule has 2 aromatic rings. The second-order valence-electron chi connectivity index (χ2n) is 4.74. The van der Waals surface area contributed by atoms with Crippen LogP contribution in [-0.4, -0.2) is 20.6 Å². The molecule has 1 aromatic carbocycles. The van der Waals surface area contributed by atoms with E-state index in [4.69, 9.17) is 5.11 Å². The van der Waals surface area contributed by atoms with Crippen LogP contribution in [0.4, 0.5) is 10.1 Å². The van der Waals surface area contributed by atoms with Crippen molar-refractivity contribution in [2.45, 2.75) is 26.4 Å². The number of halogens is 1. The van der Waals surface area contributed by atoms with Crippen LogP contribution >= 0.6 is 0 Å². The Labute approximate surface area is 116 Å². The number of aromatic nitrogens is 2. The lowest BCUT2D eigenvalue weighted by molar-refractivity contribution is 0.0697. The van der Waals surface area contributed by atoms with Gasteiger partial charge >= 0.3 is 5.97 Å². The average molecular weight is 277 g/mol. The zero-order valence-corrected chi connectivity index (χ0v) is 11.3. The maximum absolute atomic E-state index is 13.6. The number of nitrogens with one attached hydrogen (secondary N) is 1. The number of aromatic carboxylic acids is 1. The lowest BCUT2D eigenvalue weighted by Gasteiger charge is -2.13. The molecule has 0 saturated carbocycles. The monoisotopic (exact) mass is 277 g/mol. The highest BCUT2D eigenvalue weighted by atomic mass is 19.1. The Bertz CT molecular complexity index is 623. The van der Waals surface area contributed by atoms with Gasteiger partial charge in [-0.2, -0.15) is 0 Å². The van der Waals surface area contributed by atoms with Crippen molar-refractivity contribution in [3.05, 3.63) is 47.8 Å². The number of hydrogen-bond acceptors (Lipinski definition) is 3. The highest BCUT2D eigenvalue weighted by molar-refractivity contribution is 5.88. The van der Waals surface area contributed by atoms with Gasteiger partial charge < -0.3 is 15.0 Å². The highest BCUT2D eigenvalue weighted by Gasteiger charge is 2.10. The Kier molecular flexibility index (Phi) is 4.02. The number of anilines is 1. The topological polar surface area (TPSA) is 67.2 Å². The molecule has 0 fully saturated rings. The molecule has 0 bridgehead atoms. The number of nitrogens with zero attached hydrogens (tertiary/aromatic N) is 2. The summed E-state index contributed by atoms with van der Waals surface area (Å²) in [5, 5.41) is 11.8. The first kappa shape index (κ1) is 14.0. The molecule has 0 aliphatic rings. The summed E-state index contributed by atoms with van der Waals surface area (Å²) >= 11 is 0. The van der Waals surface area contributed by atoms with Crippen LogP contribution in [0.5, 0.6) is 0 Å². The standard InChI is InChI=1S/C14H16FN3O2/c1-9(2)18-8-16-6-11(18)7-17-13-5-10(14(19)20)3-4-12(13)15/h3-6,8-9,17H,7H2,1-2H3,(H,19,20). The molecule has 0 aliphatic heterocycles. The van der Waals surface area contributed by atoms with Gasteiger partial charge in [-0.3, -0.25) is 0 Å². The van der Waals surface area contributed by atoms with Crippen molar-refractivity contribution in [1.82, 2.24) is 9.55 Å². The minimum Gasteiger partial charge on any atom is -0.478 e. The van der Waals surface area contributed by atoms with Crippen molar-refractivity contribution in [2.75, 3.05) is 5.32 Å². The summed E-state index contributed by atoms with van der Waals surface area (Å²) in [7, 11) is 0. The molecule has 6 heteroatoms. The van der Waals surface area contributed by atoms with Gasteiger partial charge in [0.2, 0.25) is 0 Å². The largest absolute Gasteiger partial charge is 0.478 e. The number of benzene rings is 1. The predicted octanol–water partition coefficient (Wildman–Crippen LogP) is 2.91. The maximum Gasteiger partial charge on any atom is 0.335 e.